The molecule has 2 aromatic heterocycles. The summed E-state index contributed by atoms with van der Waals surface area (Å²) in [6.45, 7) is 0. The van der Waals surface area contributed by atoms with Crippen molar-refractivity contribution in [1.82, 2.24) is 19.5 Å². The molecule has 0 amide bonds. The highest BCUT2D eigenvalue weighted by atomic mass is 15.1. The van der Waals surface area contributed by atoms with Gasteiger partial charge in [0.1, 0.15) is 5.82 Å². The zero-order valence-corrected chi connectivity index (χ0v) is 36.9. The lowest BCUT2D eigenvalue weighted by Crippen LogP contribution is -2.25. The second kappa shape index (κ2) is 15.0. The first-order chi connectivity index (χ1) is 33.7. The lowest BCUT2D eigenvalue weighted by molar-refractivity contribution is 0.794. The van der Waals surface area contributed by atoms with Crippen LogP contribution in [0, 0.1) is 0 Å². The lowest BCUT2D eigenvalue weighted by atomic mass is 9.70. The van der Waals surface area contributed by atoms with E-state index in [1.807, 2.05) is 18.2 Å². The van der Waals surface area contributed by atoms with Crippen LogP contribution in [0.1, 0.15) is 22.3 Å². The molecule has 10 aromatic carbocycles. The first-order valence-corrected chi connectivity index (χ1v) is 23.3. The van der Waals surface area contributed by atoms with E-state index in [0.29, 0.717) is 0 Å². The third-order valence-electron chi connectivity index (χ3n) is 14.2. The van der Waals surface area contributed by atoms with Gasteiger partial charge in [0, 0.05) is 27.8 Å². The van der Waals surface area contributed by atoms with Crippen LogP contribution in [0.25, 0.3) is 106 Å². The Labute approximate surface area is 394 Å². The second-order valence-corrected chi connectivity index (χ2v) is 17.8. The van der Waals surface area contributed by atoms with Crippen LogP contribution in [-0.2, 0) is 5.41 Å². The molecule has 2 heterocycles. The van der Waals surface area contributed by atoms with Crippen LogP contribution >= 0.6 is 0 Å². The molecule has 0 saturated heterocycles. The third-order valence-corrected chi connectivity index (χ3v) is 14.2. The molecule has 0 saturated carbocycles. The van der Waals surface area contributed by atoms with Crippen LogP contribution in [0.4, 0.5) is 0 Å². The van der Waals surface area contributed by atoms with Gasteiger partial charge in [-0.2, -0.15) is 0 Å². The number of fused-ring (bicyclic) bond motifs is 12. The Hall–Kier alpha value is -8.99. The minimum absolute atomic E-state index is 0.539. The molecule has 14 rings (SSSR count). The van der Waals surface area contributed by atoms with Gasteiger partial charge in [-0.25, -0.2) is 15.0 Å². The maximum absolute atomic E-state index is 5.26. The van der Waals surface area contributed by atoms with Crippen molar-refractivity contribution in [3.05, 3.63) is 265 Å². The summed E-state index contributed by atoms with van der Waals surface area (Å²) in [5.74, 6) is 1.64. The van der Waals surface area contributed by atoms with Crippen LogP contribution in [0.15, 0.2) is 243 Å². The molecule has 0 bridgehead atoms. The smallest absolute Gasteiger partial charge is 0.160 e. The van der Waals surface area contributed by atoms with E-state index in [-0.39, 0.29) is 0 Å². The fourth-order valence-electron chi connectivity index (χ4n) is 11.4. The molecule has 0 fully saturated rings. The van der Waals surface area contributed by atoms with E-state index >= 15 is 0 Å². The van der Waals surface area contributed by atoms with Crippen LogP contribution in [-0.4, -0.2) is 19.5 Å². The van der Waals surface area contributed by atoms with Crippen LogP contribution in [0.3, 0.4) is 0 Å². The number of hydrogen-bond acceptors (Lipinski definition) is 3. The quantitative estimate of drug-likeness (QED) is 0.167. The summed E-state index contributed by atoms with van der Waals surface area (Å²) in [5.41, 5.74) is 22.5. The molecule has 0 radical (unpaired) electrons. The maximum Gasteiger partial charge on any atom is 0.160 e. The Balaban J connectivity index is 0.967. The monoisotopic (exact) mass is 864 g/mol. The Morgan fingerprint density at radius 3 is 1.53 bits per heavy atom. The summed E-state index contributed by atoms with van der Waals surface area (Å²) in [6, 6.07) is 87.5. The summed E-state index contributed by atoms with van der Waals surface area (Å²) >= 11 is 0. The number of rotatable bonds is 6. The Morgan fingerprint density at radius 2 is 0.838 bits per heavy atom. The van der Waals surface area contributed by atoms with Gasteiger partial charge in [-0.15, -0.1) is 0 Å². The van der Waals surface area contributed by atoms with Crippen LogP contribution < -0.4 is 0 Å². The van der Waals surface area contributed by atoms with Crippen molar-refractivity contribution in [3.63, 3.8) is 0 Å². The van der Waals surface area contributed by atoms with Gasteiger partial charge in [0.25, 0.3) is 0 Å². The van der Waals surface area contributed by atoms with E-state index in [0.717, 1.165) is 72.8 Å². The minimum Gasteiger partial charge on any atom is -0.292 e. The molecule has 12 aromatic rings. The molecule has 1 unspecified atom stereocenters. The van der Waals surface area contributed by atoms with Crippen molar-refractivity contribution < 1.29 is 0 Å². The van der Waals surface area contributed by atoms with Gasteiger partial charge in [0.15, 0.2) is 5.82 Å². The number of benzene rings is 10. The summed E-state index contributed by atoms with van der Waals surface area (Å²) in [7, 11) is 0. The lowest BCUT2D eigenvalue weighted by Gasteiger charge is -2.30. The van der Waals surface area contributed by atoms with Crippen molar-refractivity contribution in [2.24, 2.45) is 0 Å². The summed E-state index contributed by atoms with van der Waals surface area (Å²) in [4.78, 5) is 15.7. The van der Waals surface area contributed by atoms with Crippen molar-refractivity contribution in [1.29, 1.82) is 0 Å². The number of aromatic nitrogens is 4. The first kappa shape index (κ1) is 38.3. The molecule has 2 aliphatic rings. The Bertz CT molecular complexity index is 3970. The number of hydrogen-bond donors (Lipinski definition) is 0. The number of imidazole rings is 1. The molecule has 316 valence electrons. The SMILES string of the molecule is c1ccc(-c2nc(-c3ccccc3)c3cc(-c4cccc5c4-c4ccccc4C54c5ccccc5-c5c(-c6cccc(-c7nc8ccccc8n7-c7ccccc7)c6)cccc54)ccc3n2)cc1. The first-order valence-electron chi connectivity index (χ1n) is 23.3. The summed E-state index contributed by atoms with van der Waals surface area (Å²) in [6.07, 6.45) is 0. The zero-order valence-electron chi connectivity index (χ0n) is 36.9. The van der Waals surface area contributed by atoms with Crippen LogP contribution in [0.2, 0.25) is 0 Å². The van der Waals surface area contributed by atoms with E-state index in [1.165, 1.54) is 55.6 Å². The third kappa shape index (κ3) is 5.58. The number of nitrogens with zero attached hydrogens (tertiary/aromatic N) is 4. The van der Waals surface area contributed by atoms with Crippen LogP contribution in [0.5, 0.6) is 0 Å². The zero-order chi connectivity index (χ0) is 44.8. The molecule has 4 heteroatoms. The predicted molar refractivity (Wildman–Crippen MR) is 278 cm³/mol. The molecule has 0 N–H and O–H groups in total. The van der Waals surface area contributed by atoms with Gasteiger partial charge in [-0.3, -0.25) is 4.57 Å². The van der Waals surface area contributed by atoms with Gasteiger partial charge in [-0.1, -0.05) is 200 Å². The average molecular weight is 865 g/mol. The van der Waals surface area contributed by atoms with Crippen molar-refractivity contribution in [2.75, 3.05) is 0 Å². The Morgan fingerprint density at radius 1 is 0.324 bits per heavy atom. The van der Waals surface area contributed by atoms with Crippen molar-refractivity contribution in [2.45, 2.75) is 5.41 Å². The second-order valence-electron chi connectivity index (χ2n) is 17.8. The molecular formula is C64H40N4. The maximum atomic E-state index is 5.26. The molecular weight excluding hydrogens is 825 g/mol. The van der Waals surface area contributed by atoms with Crippen molar-refractivity contribution >= 4 is 21.9 Å². The number of para-hydroxylation sites is 3. The van der Waals surface area contributed by atoms with E-state index in [1.54, 1.807) is 0 Å². The summed E-state index contributed by atoms with van der Waals surface area (Å²) in [5, 5.41) is 1.02. The minimum atomic E-state index is -0.539. The largest absolute Gasteiger partial charge is 0.292 e. The molecule has 2 aliphatic carbocycles. The fourth-order valence-corrected chi connectivity index (χ4v) is 11.4. The molecule has 1 atom stereocenters. The standard InChI is InChI=1S/C64H40N4/c1-4-19-41(20-5-1)61-51-40-44(37-38-56(51)65-62(67-61)42-21-6-2-7-22-42)48-30-18-34-55-60(48)50-28-11-13-32-53(50)64(55)52-31-12-10-27-49(52)59-47(29-17-33-54(59)64)43-23-16-24-45(39-43)63-66-57-35-14-15-36-58(57)68(63)46-25-8-3-9-26-46/h1-40H. The molecule has 0 aliphatic heterocycles. The van der Waals surface area contributed by atoms with E-state index in [4.69, 9.17) is 15.0 Å². The van der Waals surface area contributed by atoms with Crippen molar-refractivity contribution in [3.8, 4) is 84.2 Å². The molecule has 1 spiro atoms. The topological polar surface area (TPSA) is 43.6 Å². The van der Waals surface area contributed by atoms with Gasteiger partial charge < -0.3 is 0 Å². The van der Waals surface area contributed by atoms with Gasteiger partial charge in [-0.05, 0) is 109 Å². The van der Waals surface area contributed by atoms with Gasteiger partial charge >= 0.3 is 0 Å². The predicted octanol–water partition coefficient (Wildman–Crippen LogP) is 15.6. The van der Waals surface area contributed by atoms with E-state index in [2.05, 4.69) is 229 Å². The van der Waals surface area contributed by atoms with Gasteiger partial charge in [0.2, 0.25) is 0 Å². The Kier molecular flexibility index (Phi) is 8.46. The average Bonchev–Trinajstić information content (AvgIpc) is 4.06. The van der Waals surface area contributed by atoms with Gasteiger partial charge in [0.05, 0.1) is 27.7 Å². The molecule has 4 nitrogen and oxygen atoms in total. The fraction of sp³-hybridized carbons (Fsp3) is 0.0156. The van der Waals surface area contributed by atoms with E-state index < -0.39 is 5.41 Å². The summed E-state index contributed by atoms with van der Waals surface area (Å²) < 4.78 is 2.28. The highest BCUT2D eigenvalue weighted by Gasteiger charge is 2.52. The highest BCUT2D eigenvalue weighted by molar-refractivity contribution is 6.04. The normalized spacial score (nSPS) is 14.2. The highest BCUT2D eigenvalue weighted by Crippen LogP contribution is 2.65. The van der Waals surface area contributed by atoms with E-state index in [9.17, 15) is 0 Å². The molecule has 68 heavy (non-hydrogen) atoms.